The third-order valence-electron chi connectivity index (χ3n) is 6.60. The third kappa shape index (κ3) is 4.98. The van der Waals surface area contributed by atoms with Crippen molar-refractivity contribution in [2.24, 2.45) is 5.92 Å². The van der Waals surface area contributed by atoms with Crippen molar-refractivity contribution >= 4 is 33.0 Å². The molecule has 3 aromatic heterocycles. The maximum Gasteiger partial charge on any atom is 0.116 e. The van der Waals surface area contributed by atoms with Crippen LogP contribution in [0.5, 0.6) is 0 Å². The van der Waals surface area contributed by atoms with Gasteiger partial charge in [0.25, 0.3) is 0 Å². The standard InChI is InChI=1S/C32H33N5/c1-6-22(15-25(7-2)34-21(5)14-20(3)4)24-12-13-29-27(16-24)32(37-36-29)30-17-26-28(23-10-8-9-11-23)18-33-19-31(26)35-30/h6-8,10-13,15-20,34-35H,2,5,9,14H2,1,3-4H3,(H,36,37)/b22-6+,25-15+. The van der Waals surface area contributed by atoms with Crippen LogP contribution in [0.4, 0.5) is 0 Å². The highest BCUT2D eigenvalue weighted by Gasteiger charge is 2.15. The Hall–Kier alpha value is -4.38. The number of nitrogens with one attached hydrogen (secondary N) is 3. The van der Waals surface area contributed by atoms with E-state index in [2.05, 4.69) is 107 Å². The maximum absolute atomic E-state index is 4.68. The molecule has 0 bridgehead atoms. The van der Waals surface area contributed by atoms with Gasteiger partial charge in [0, 0.05) is 33.9 Å². The highest BCUT2D eigenvalue weighted by molar-refractivity contribution is 6.01. The zero-order chi connectivity index (χ0) is 25.9. The maximum atomic E-state index is 4.68. The molecule has 5 nitrogen and oxygen atoms in total. The molecule has 0 saturated carbocycles. The van der Waals surface area contributed by atoms with Crippen molar-refractivity contribution in [3.05, 3.63) is 109 Å². The number of allylic oxidation sites excluding steroid dienone is 9. The summed E-state index contributed by atoms with van der Waals surface area (Å²) in [5.74, 6) is 0.539. The minimum Gasteiger partial charge on any atom is -0.359 e. The number of fused-ring (bicyclic) bond motifs is 2. The fourth-order valence-electron chi connectivity index (χ4n) is 4.86. The molecule has 1 aromatic carbocycles. The van der Waals surface area contributed by atoms with Crippen LogP contribution in [0, 0.1) is 5.92 Å². The molecule has 0 unspecified atom stereocenters. The topological polar surface area (TPSA) is 69.4 Å². The van der Waals surface area contributed by atoms with Gasteiger partial charge in [0.1, 0.15) is 5.69 Å². The van der Waals surface area contributed by atoms with E-state index in [0.29, 0.717) is 5.92 Å². The molecule has 4 aromatic rings. The van der Waals surface area contributed by atoms with E-state index >= 15 is 0 Å². The lowest BCUT2D eigenvalue weighted by molar-refractivity contribution is 0.622. The largest absolute Gasteiger partial charge is 0.359 e. The van der Waals surface area contributed by atoms with Crippen LogP contribution < -0.4 is 5.32 Å². The summed E-state index contributed by atoms with van der Waals surface area (Å²) in [6.07, 6.45) is 18.3. The van der Waals surface area contributed by atoms with E-state index in [1.165, 1.54) is 5.57 Å². The first-order valence-corrected chi connectivity index (χ1v) is 12.7. The Morgan fingerprint density at radius 2 is 2.03 bits per heavy atom. The lowest BCUT2D eigenvalue weighted by Gasteiger charge is -2.13. The summed E-state index contributed by atoms with van der Waals surface area (Å²) in [5, 5.41) is 13.5. The minimum absolute atomic E-state index is 0.539. The summed E-state index contributed by atoms with van der Waals surface area (Å²) < 4.78 is 0. The zero-order valence-electron chi connectivity index (χ0n) is 21.7. The summed E-state index contributed by atoms with van der Waals surface area (Å²) in [7, 11) is 0. The van der Waals surface area contributed by atoms with E-state index in [1.54, 1.807) is 0 Å². The van der Waals surface area contributed by atoms with Crippen LogP contribution >= 0.6 is 0 Å². The van der Waals surface area contributed by atoms with Crippen LogP contribution in [0.1, 0.15) is 44.7 Å². The van der Waals surface area contributed by atoms with Crippen LogP contribution in [-0.2, 0) is 0 Å². The normalized spacial score (nSPS) is 14.1. The molecule has 0 spiro atoms. The van der Waals surface area contributed by atoms with E-state index in [-0.39, 0.29) is 0 Å². The Balaban J connectivity index is 1.52. The lowest BCUT2D eigenvalue weighted by Crippen LogP contribution is -2.12. The summed E-state index contributed by atoms with van der Waals surface area (Å²) >= 11 is 0. The highest BCUT2D eigenvalue weighted by Crippen LogP contribution is 2.34. The second-order valence-electron chi connectivity index (χ2n) is 9.84. The van der Waals surface area contributed by atoms with E-state index in [0.717, 1.165) is 74.1 Å². The number of H-pyrrole nitrogens is 2. The first kappa shape index (κ1) is 24.3. The monoisotopic (exact) mass is 487 g/mol. The van der Waals surface area contributed by atoms with Gasteiger partial charge in [-0.1, -0.05) is 57.4 Å². The second kappa shape index (κ2) is 10.3. The van der Waals surface area contributed by atoms with Gasteiger partial charge >= 0.3 is 0 Å². The molecular weight excluding hydrogens is 454 g/mol. The first-order valence-electron chi connectivity index (χ1n) is 12.7. The Morgan fingerprint density at radius 1 is 1.16 bits per heavy atom. The van der Waals surface area contributed by atoms with Crippen molar-refractivity contribution in [2.75, 3.05) is 0 Å². The number of pyridine rings is 1. The van der Waals surface area contributed by atoms with E-state index < -0.39 is 0 Å². The number of hydrogen-bond acceptors (Lipinski definition) is 3. The van der Waals surface area contributed by atoms with E-state index in [4.69, 9.17) is 0 Å². The predicted octanol–water partition coefficient (Wildman–Crippen LogP) is 8.07. The summed E-state index contributed by atoms with van der Waals surface area (Å²) in [6, 6.07) is 8.57. The van der Waals surface area contributed by atoms with Crippen molar-refractivity contribution in [3.63, 3.8) is 0 Å². The Bertz CT molecular complexity index is 1620. The number of nitrogens with zero attached hydrogens (tertiary/aromatic N) is 2. The molecule has 5 rings (SSSR count). The van der Waals surface area contributed by atoms with Crippen molar-refractivity contribution in [1.82, 2.24) is 25.5 Å². The Kier molecular flexibility index (Phi) is 6.78. The zero-order valence-corrected chi connectivity index (χ0v) is 21.7. The molecule has 0 saturated heterocycles. The van der Waals surface area contributed by atoms with Gasteiger partial charge in [0.05, 0.1) is 22.9 Å². The van der Waals surface area contributed by atoms with E-state index in [1.807, 2.05) is 25.4 Å². The molecule has 186 valence electrons. The summed E-state index contributed by atoms with van der Waals surface area (Å²) in [4.78, 5) is 8.01. The molecule has 5 heteroatoms. The van der Waals surface area contributed by atoms with Gasteiger partial charge in [0.15, 0.2) is 0 Å². The average molecular weight is 488 g/mol. The third-order valence-corrected chi connectivity index (χ3v) is 6.60. The van der Waals surface area contributed by atoms with Crippen molar-refractivity contribution in [3.8, 4) is 11.4 Å². The molecule has 37 heavy (non-hydrogen) atoms. The Labute approximate surface area is 218 Å². The summed E-state index contributed by atoms with van der Waals surface area (Å²) in [5.41, 5.74) is 10.3. The number of aromatic nitrogens is 4. The van der Waals surface area contributed by atoms with Crippen molar-refractivity contribution in [2.45, 2.75) is 33.6 Å². The van der Waals surface area contributed by atoms with Crippen LogP contribution in [0.3, 0.4) is 0 Å². The molecule has 1 aliphatic rings. The fourth-order valence-corrected chi connectivity index (χ4v) is 4.86. The number of benzene rings is 1. The van der Waals surface area contributed by atoms with Crippen molar-refractivity contribution < 1.29 is 0 Å². The first-order chi connectivity index (χ1) is 18.0. The lowest BCUT2D eigenvalue weighted by atomic mass is 10.0. The number of aromatic amines is 2. The van der Waals surface area contributed by atoms with Crippen LogP contribution in [0.25, 0.3) is 44.3 Å². The van der Waals surface area contributed by atoms with Crippen molar-refractivity contribution in [1.29, 1.82) is 0 Å². The smallest absolute Gasteiger partial charge is 0.116 e. The molecule has 0 atom stereocenters. The molecule has 3 heterocycles. The van der Waals surface area contributed by atoms with Gasteiger partial charge in [-0.05, 0) is 72.7 Å². The minimum atomic E-state index is 0.539. The number of rotatable bonds is 9. The molecule has 1 aliphatic carbocycles. The molecule has 0 radical (unpaired) electrons. The molecule has 0 fully saturated rings. The van der Waals surface area contributed by atoms with Gasteiger partial charge in [-0.15, -0.1) is 0 Å². The highest BCUT2D eigenvalue weighted by atomic mass is 15.1. The van der Waals surface area contributed by atoms with Gasteiger partial charge in [-0.25, -0.2) is 0 Å². The molecule has 3 N–H and O–H groups in total. The molecule has 0 amide bonds. The van der Waals surface area contributed by atoms with Gasteiger partial charge in [-0.2, -0.15) is 5.10 Å². The SMILES string of the molecule is C=C/C(=C\C(=C/C)c1ccc2[nH]nc(-c3cc4c(C5=CCC=C5)cncc4[nH]3)c2c1)NC(=C)CC(C)C. The predicted molar refractivity (Wildman–Crippen MR) is 157 cm³/mol. The molecular formula is C32H33N5. The summed E-state index contributed by atoms with van der Waals surface area (Å²) in [6.45, 7) is 14.6. The van der Waals surface area contributed by atoms with Gasteiger partial charge in [0.2, 0.25) is 0 Å². The Morgan fingerprint density at radius 3 is 2.76 bits per heavy atom. The molecule has 0 aliphatic heterocycles. The second-order valence-corrected chi connectivity index (χ2v) is 9.84. The van der Waals surface area contributed by atoms with Gasteiger partial charge < -0.3 is 10.3 Å². The number of hydrogen-bond donors (Lipinski definition) is 3. The van der Waals surface area contributed by atoms with Gasteiger partial charge in [-0.3, -0.25) is 10.1 Å². The van der Waals surface area contributed by atoms with E-state index in [9.17, 15) is 0 Å². The van der Waals surface area contributed by atoms with Crippen LogP contribution in [-0.4, -0.2) is 20.2 Å². The average Bonchev–Trinajstić information content (AvgIpc) is 3.64. The van der Waals surface area contributed by atoms with Crippen LogP contribution in [0.2, 0.25) is 0 Å². The van der Waals surface area contributed by atoms with Crippen LogP contribution in [0.15, 0.2) is 97.7 Å². The fraction of sp³-hybridized carbons (Fsp3) is 0.188. The quantitative estimate of drug-likeness (QED) is 0.209.